The lowest BCUT2D eigenvalue weighted by Gasteiger charge is -2.46. The third kappa shape index (κ3) is 3.55. The van der Waals surface area contributed by atoms with Gasteiger partial charge in [0.05, 0.1) is 5.60 Å². The zero-order valence-electron chi connectivity index (χ0n) is 9.73. The average Bonchev–Trinajstić information content (AvgIpc) is 2.08. The highest BCUT2D eigenvalue weighted by Gasteiger charge is 2.45. The average molecular weight is 256 g/mol. The van der Waals surface area contributed by atoms with Crippen LogP contribution in [-0.2, 0) is 0 Å². The van der Waals surface area contributed by atoms with Gasteiger partial charge in [-0.1, -0.05) is 13.8 Å². The fourth-order valence-electron chi connectivity index (χ4n) is 1.99. The summed E-state index contributed by atoms with van der Waals surface area (Å²) in [6.45, 7) is 3.89. The van der Waals surface area contributed by atoms with Gasteiger partial charge < -0.3 is 5.11 Å². The molecule has 0 aromatic rings. The van der Waals surface area contributed by atoms with Crippen molar-refractivity contribution in [2.45, 2.75) is 51.3 Å². The number of hydrogen-bond donors (Lipinski definition) is 1. The number of hydrogen-bond acceptors (Lipinski definition) is 2. The van der Waals surface area contributed by atoms with Gasteiger partial charge >= 0.3 is 6.18 Å². The lowest BCUT2D eigenvalue weighted by molar-refractivity contribution is -0.140. The van der Waals surface area contributed by atoms with Crippen molar-refractivity contribution in [3.8, 4) is 0 Å². The van der Waals surface area contributed by atoms with Gasteiger partial charge in [0.2, 0.25) is 0 Å². The van der Waals surface area contributed by atoms with Gasteiger partial charge in [-0.05, 0) is 30.4 Å². The molecule has 1 atom stereocenters. The molecule has 0 aliphatic carbocycles. The smallest absolute Gasteiger partial charge is 0.388 e. The molecule has 1 fully saturated rings. The zero-order chi connectivity index (χ0) is 12.4. The Bertz CT molecular complexity index is 240. The minimum Gasteiger partial charge on any atom is -0.388 e. The quantitative estimate of drug-likeness (QED) is 0.832. The van der Waals surface area contributed by atoms with Crippen LogP contribution >= 0.6 is 11.8 Å². The van der Waals surface area contributed by atoms with Crippen LogP contribution in [0, 0.1) is 5.41 Å². The molecular formula is C11H19F3OS. The predicted molar refractivity (Wildman–Crippen MR) is 60.6 cm³/mol. The highest BCUT2D eigenvalue weighted by molar-refractivity contribution is 7.99. The van der Waals surface area contributed by atoms with E-state index in [1.165, 1.54) is 0 Å². The number of aliphatic hydroxyl groups is 1. The molecule has 0 saturated carbocycles. The summed E-state index contributed by atoms with van der Waals surface area (Å²) in [7, 11) is 0. The molecule has 0 aromatic carbocycles. The Kier molecular flexibility index (Phi) is 4.22. The maximum absolute atomic E-state index is 12.0. The van der Waals surface area contributed by atoms with Gasteiger partial charge in [0, 0.05) is 12.2 Å². The Hall–Kier alpha value is 0.100. The van der Waals surface area contributed by atoms with Crippen molar-refractivity contribution >= 4 is 11.8 Å². The van der Waals surface area contributed by atoms with Gasteiger partial charge in [-0.15, -0.1) is 0 Å². The molecule has 1 rings (SSSR count). The van der Waals surface area contributed by atoms with Crippen molar-refractivity contribution in [1.29, 1.82) is 0 Å². The Balaban J connectivity index is 2.50. The summed E-state index contributed by atoms with van der Waals surface area (Å²) in [4.78, 5) is 0. The van der Waals surface area contributed by atoms with E-state index in [9.17, 15) is 18.3 Å². The van der Waals surface area contributed by atoms with Crippen LogP contribution in [-0.4, -0.2) is 28.4 Å². The highest BCUT2D eigenvalue weighted by Crippen LogP contribution is 2.45. The Morgan fingerprint density at radius 3 is 2.44 bits per heavy atom. The first-order valence-corrected chi connectivity index (χ1v) is 6.69. The van der Waals surface area contributed by atoms with Gasteiger partial charge in [-0.3, -0.25) is 0 Å². The van der Waals surface area contributed by atoms with Crippen LogP contribution in [0.25, 0.3) is 0 Å². The number of rotatable bonds is 3. The topological polar surface area (TPSA) is 20.2 Å². The minimum atomic E-state index is -4.11. The first-order chi connectivity index (χ1) is 7.16. The summed E-state index contributed by atoms with van der Waals surface area (Å²) in [6, 6.07) is 0. The molecule has 1 saturated heterocycles. The summed E-state index contributed by atoms with van der Waals surface area (Å²) < 4.78 is 36.1. The molecule has 0 spiro atoms. The number of thioether (sulfide) groups is 1. The number of alkyl halides is 3. The third-order valence-corrected chi connectivity index (χ3v) is 4.70. The molecule has 0 radical (unpaired) electrons. The SMILES string of the molecule is CC1(C)CCSCC1(O)CCCC(F)(F)F. The lowest BCUT2D eigenvalue weighted by atomic mass is 9.71. The fourth-order valence-corrected chi connectivity index (χ4v) is 3.66. The van der Waals surface area contributed by atoms with Crippen LogP contribution in [0.3, 0.4) is 0 Å². The second-order valence-corrected chi connectivity index (χ2v) is 6.29. The Morgan fingerprint density at radius 1 is 1.31 bits per heavy atom. The third-order valence-electron chi connectivity index (χ3n) is 3.52. The minimum absolute atomic E-state index is 0.0178. The van der Waals surface area contributed by atoms with Crippen LogP contribution in [0.2, 0.25) is 0 Å². The normalized spacial score (nSPS) is 30.4. The second kappa shape index (κ2) is 4.77. The number of halogens is 3. The molecular weight excluding hydrogens is 237 g/mol. The largest absolute Gasteiger partial charge is 0.389 e. The van der Waals surface area contributed by atoms with Gasteiger partial charge in [0.1, 0.15) is 0 Å². The van der Waals surface area contributed by atoms with E-state index in [4.69, 9.17) is 0 Å². The van der Waals surface area contributed by atoms with Crippen molar-refractivity contribution in [1.82, 2.24) is 0 Å². The van der Waals surface area contributed by atoms with Crippen molar-refractivity contribution < 1.29 is 18.3 Å². The molecule has 96 valence electrons. The van der Waals surface area contributed by atoms with E-state index in [1.807, 2.05) is 13.8 Å². The maximum atomic E-state index is 12.0. The molecule has 1 nitrogen and oxygen atoms in total. The van der Waals surface area contributed by atoms with Crippen LogP contribution in [0.15, 0.2) is 0 Å². The zero-order valence-corrected chi connectivity index (χ0v) is 10.5. The van der Waals surface area contributed by atoms with E-state index in [1.54, 1.807) is 11.8 Å². The second-order valence-electron chi connectivity index (χ2n) is 5.19. The summed E-state index contributed by atoms with van der Waals surface area (Å²) in [5, 5.41) is 10.4. The van der Waals surface area contributed by atoms with E-state index in [2.05, 4.69) is 0 Å². The van der Waals surface area contributed by atoms with E-state index in [-0.39, 0.29) is 18.3 Å². The summed E-state index contributed by atoms with van der Waals surface area (Å²) >= 11 is 1.63. The summed E-state index contributed by atoms with van der Waals surface area (Å²) in [5.41, 5.74) is -1.22. The first-order valence-electron chi connectivity index (χ1n) is 5.53. The van der Waals surface area contributed by atoms with E-state index in [0.717, 1.165) is 12.2 Å². The molecule has 1 unspecified atom stereocenters. The summed E-state index contributed by atoms with van der Waals surface area (Å²) in [5.74, 6) is 1.53. The summed E-state index contributed by atoms with van der Waals surface area (Å²) in [6.07, 6.45) is -3.78. The predicted octanol–water partition coefficient (Wildman–Crippen LogP) is 3.61. The monoisotopic (exact) mass is 256 g/mol. The van der Waals surface area contributed by atoms with Crippen molar-refractivity contribution in [2.75, 3.05) is 11.5 Å². The molecule has 5 heteroatoms. The maximum Gasteiger partial charge on any atom is 0.389 e. The van der Waals surface area contributed by atoms with Crippen LogP contribution in [0.4, 0.5) is 13.2 Å². The van der Waals surface area contributed by atoms with Gasteiger partial charge in [0.15, 0.2) is 0 Å². The van der Waals surface area contributed by atoms with E-state index in [0.29, 0.717) is 5.75 Å². The van der Waals surface area contributed by atoms with Gasteiger partial charge in [-0.25, -0.2) is 0 Å². The van der Waals surface area contributed by atoms with Crippen molar-refractivity contribution in [2.24, 2.45) is 5.41 Å². The molecule has 16 heavy (non-hydrogen) atoms. The molecule has 1 N–H and O–H groups in total. The first kappa shape index (κ1) is 14.2. The van der Waals surface area contributed by atoms with Gasteiger partial charge in [-0.2, -0.15) is 24.9 Å². The standard InChI is InChI=1S/C11H19F3OS/c1-9(2)6-7-16-8-10(9,15)4-3-5-11(12,13)14/h15H,3-8H2,1-2H3. The molecule has 1 heterocycles. The van der Waals surface area contributed by atoms with Crippen molar-refractivity contribution in [3.63, 3.8) is 0 Å². The van der Waals surface area contributed by atoms with E-state index < -0.39 is 18.2 Å². The van der Waals surface area contributed by atoms with Crippen LogP contribution in [0.5, 0.6) is 0 Å². The van der Waals surface area contributed by atoms with Gasteiger partial charge in [0.25, 0.3) is 0 Å². The lowest BCUT2D eigenvalue weighted by Crippen LogP contribution is -2.49. The molecule has 0 amide bonds. The van der Waals surface area contributed by atoms with Crippen LogP contribution in [0.1, 0.15) is 39.5 Å². The Labute approximate surface area is 98.8 Å². The van der Waals surface area contributed by atoms with E-state index >= 15 is 0 Å². The molecule has 0 bridgehead atoms. The van der Waals surface area contributed by atoms with Crippen molar-refractivity contribution in [3.05, 3.63) is 0 Å². The molecule has 1 aliphatic rings. The molecule has 0 aromatic heterocycles. The molecule has 1 aliphatic heterocycles. The fraction of sp³-hybridized carbons (Fsp3) is 1.00. The highest BCUT2D eigenvalue weighted by atomic mass is 32.2. The van der Waals surface area contributed by atoms with Crippen LogP contribution < -0.4 is 0 Å². The Morgan fingerprint density at radius 2 is 1.94 bits per heavy atom.